The fourth-order valence-electron chi connectivity index (χ4n) is 12.1. The van der Waals surface area contributed by atoms with Gasteiger partial charge >= 0.3 is 39.5 Å². The summed E-state index contributed by atoms with van der Waals surface area (Å²) in [6.07, 6.45) is 57.0. The molecule has 0 amide bonds. The van der Waals surface area contributed by atoms with Crippen LogP contribution in [0.2, 0.25) is 0 Å². The maximum atomic E-state index is 13.1. The number of carbonyl (C=O) groups excluding carboxylic acids is 4. The van der Waals surface area contributed by atoms with Crippen LogP contribution in [0.3, 0.4) is 0 Å². The van der Waals surface area contributed by atoms with E-state index in [9.17, 15) is 43.2 Å². The van der Waals surface area contributed by atoms with Gasteiger partial charge in [-0.1, -0.05) is 357 Å². The highest BCUT2D eigenvalue weighted by molar-refractivity contribution is 7.47. The van der Waals surface area contributed by atoms with Gasteiger partial charge in [0.05, 0.1) is 26.4 Å². The number of aliphatic hydroxyl groups excluding tert-OH is 1. The van der Waals surface area contributed by atoms with E-state index in [1.54, 1.807) is 0 Å². The molecule has 0 spiro atoms. The molecular formula is C79H154O17P2. The van der Waals surface area contributed by atoms with E-state index in [2.05, 4.69) is 48.5 Å². The van der Waals surface area contributed by atoms with Crippen molar-refractivity contribution in [2.75, 3.05) is 39.6 Å². The van der Waals surface area contributed by atoms with Gasteiger partial charge in [-0.05, 0) is 43.4 Å². The van der Waals surface area contributed by atoms with Crippen molar-refractivity contribution >= 4 is 39.5 Å². The molecule has 0 aliphatic carbocycles. The van der Waals surface area contributed by atoms with Crippen LogP contribution in [0.25, 0.3) is 0 Å². The van der Waals surface area contributed by atoms with Gasteiger partial charge in [0.1, 0.15) is 19.3 Å². The molecule has 0 saturated carbocycles. The Hall–Kier alpha value is -1.94. The summed E-state index contributed by atoms with van der Waals surface area (Å²) in [7, 11) is -9.92. The number of ether oxygens (including phenoxy) is 4. The SMILES string of the molecule is CCCCCCCCCCCCCCCCC(=O)OC[C@H](COP(=O)(O)OC[C@@H](O)COP(=O)(O)OC[C@@H](COC(=O)CCCCCCCCCCC(C)C)OC(=O)CCCCCCCCCCCC(C)C)OC(=O)CCCCCCCCCCCCCCCCCCCCC(C)C. The lowest BCUT2D eigenvalue weighted by atomic mass is 10.0. The van der Waals surface area contributed by atoms with Gasteiger partial charge in [0.2, 0.25) is 0 Å². The lowest BCUT2D eigenvalue weighted by Crippen LogP contribution is -2.30. The van der Waals surface area contributed by atoms with Crippen molar-refractivity contribution in [1.29, 1.82) is 0 Å². The van der Waals surface area contributed by atoms with Crippen LogP contribution >= 0.6 is 15.6 Å². The third kappa shape index (κ3) is 72.4. The van der Waals surface area contributed by atoms with Crippen molar-refractivity contribution in [3.05, 3.63) is 0 Å². The summed E-state index contributed by atoms with van der Waals surface area (Å²) in [6, 6.07) is 0. The lowest BCUT2D eigenvalue weighted by Gasteiger charge is -2.21. The molecule has 0 aliphatic rings. The second-order valence-electron chi connectivity index (χ2n) is 29.9. The van der Waals surface area contributed by atoms with Crippen LogP contribution in [-0.4, -0.2) is 96.7 Å². The normalized spacial score (nSPS) is 14.0. The average Bonchev–Trinajstić information content (AvgIpc) is 1.43. The number of phosphoric ester groups is 2. The van der Waals surface area contributed by atoms with Crippen LogP contribution < -0.4 is 0 Å². The smallest absolute Gasteiger partial charge is 0.462 e. The van der Waals surface area contributed by atoms with Crippen molar-refractivity contribution in [1.82, 2.24) is 0 Å². The summed E-state index contributed by atoms with van der Waals surface area (Å²) in [5, 5.41) is 10.6. The maximum Gasteiger partial charge on any atom is 0.472 e. The van der Waals surface area contributed by atoms with Crippen molar-refractivity contribution in [2.24, 2.45) is 17.8 Å². The van der Waals surface area contributed by atoms with Gasteiger partial charge in [-0.25, -0.2) is 9.13 Å². The predicted molar refractivity (Wildman–Crippen MR) is 400 cm³/mol. The molecule has 0 bridgehead atoms. The van der Waals surface area contributed by atoms with E-state index >= 15 is 0 Å². The molecule has 17 nitrogen and oxygen atoms in total. The Bertz CT molecular complexity index is 1900. The number of hydrogen-bond donors (Lipinski definition) is 3. The number of unbranched alkanes of at least 4 members (excludes halogenated alkanes) is 45. The van der Waals surface area contributed by atoms with Gasteiger partial charge in [0.25, 0.3) is 0 Å². The van der Waals surface area contributed by atoms with Crippen LogP contribution in [0.1, 0.15) is 408 Å². The number of carbonyl (C=O) groups is 4. The minimum absolute atomic E-state index is 0.105. The molecule has 0 aromatic heterocycles. The maximum absolute atomic E-state index is 13.1. The molecule has 0 saturated heterocycles. The molecule has 98 heavy (non-hydrogen) atoms. The number of phosphoric acid groups is 2. The first-order chi connectivity index (χ1) is 47.2. The first kappa shape index (κ1) is 96.1. The Morgan fingerprint density at radius 1 is 0.276 bits per heavy atom. The highest BCUT2D eigenvalue weighted by Crippen LogP contribution is 2.45. The fourth-order valence-corrected chi connectivity index (χ4v) is 13.7. The van der Waals surface area contributed by atoms with Crippen LogP contribution in [0.4, 0.5) is 0 Å². The molecule has 582 valence electrons. The molecule has 0 aromatic carbocycles. The number of rotatable bonds is 77. The summed E-state index contributed by atoms with van der Waals surface area (Å²) >= 11 is 0. The minimum Gasteiger partial charge on any atom is -0.462 e. The molecule has 3 N–H and O–H groups in total. The van der Waals surface area contributed by atoms with Gasteiger partial charge in [0, 0.05) is 25.7 Å². The van der Waals surface area contributed by atoms with Crippen LogP contribution in [0.15, 0.2) is 0 Å². The quantitative estimate of drug-likeness (QED) is 0.0222. The van der Waals surface area contributed by atoms with Crippen molar-refractivity contribution in [2.45, 2.75) is 426 Å². The monoisotopic (exact) mass is 1440 g/mol. The van der Waals surface area contributed by atoms with E-state index in [1.807, 2.05) is 0 Å². The lowest BCUT2D eigenvalue weighted by molar-refractivity contribution is -0.161. The van der Waals surface area contributed by atoms with Crippen molar-refractivity contribution in [3.8, 4) is 0 Å². The van der Waals surface area contributed by atoms with E-state index < -0.39 is 97.5 Å². The Kier molecular flexibility index (Phi) is 68.1. The zero-order chi connectivity index (χ0) is 72.3. The molecule has 0 aliphatic heterocycles. The fraction of sp³-hybridized carbons (Fsp3) is 0.949. The van der Waals surface area contributed by atoms with E-state index in [0.29, 0.717) is 25.7 Å². The van der Waals surface area contributed by atoms with Crippen LogP contribution in [0.5, 0.6) is 0 Å². The van der Waals surface area contributed by atoms with E-state index in [4.69, 9.17) is 37.0 Å². The molecule has 0 aromatic rings. The first-order valence-electron chi connectivity index (χ1n) is 40.8. The first-order valence-corrected chi connectivity index (χ1v) is 43.8. The zero-order valence-electron chi connectivity index (χ0n) is 64.3. The van der Waals surface area contributed by atoms with Gasteiger partial charge in [-0.3, -0.25) is 37.3 Å². The summed E-state index contributed by atoms with van der Waals surface area (Å²) in [4.78, 5) is 72.9. The largest absolute Gasteiger partial charge is 0.472 e. The second kappa shape index (κ2) is 69.4. The molecule has 5 atom stereocenters. The number of aliphatic hydroxyl groups is 1. The van der Waals surface area contributed by atoms with E-state index in [-0.39, 0.29) is 25.7 Å². The Morgan fingerprint density at radius 2 is 0.469 bits per heavy atom. The number of esters is 4. The highest BCUT2D eigenvalue weighted by atomic mass is 31.2. The summed E-state index contributed by atoms with van der Waals surface area (Å²) < 4.78 is 68.6. The summed E-state index contributed by atoms with van der Waals surface area (Å²) in [5.41, 5.74) is 0. The van der Waals surface area contributed by atoms with Crippen LogP contribution in [-0.2, 0) is 65.4 Å². The average molecular weight is 1440 g/mol. The summed E-state index contributed by atoms with van der Waals surface area (Å²) in [6.45, 7) is 11.9. The van der Waals surface area contributed by atoms with E-state index in [1.165, 1.54) is 218 Å². The summed E-state index contributed by atoms with van der Waals surface area (Å²) in [5.74, 6) is 0.169. The highest BCUT2D eigenvalue weighted by Gasteiger charge is 2.30. The third-order valence-corrected chi connectivity index (χ3v) is 20.3. The Balaban J connectivity index is 5.22. The second-order valence-corrected chi connectivity index (χ2v) is 32.8. The predicted octanol–water partition coefficient (Wildman–Crippen LogP) is 23.4. The molecule has 0 radical (unpaired) electrons. The third-order valence-electron chi connectivity index (χ3n) is 18.4. The zero-order valence-corrected chi connectivity index (χ0v) is 66.0. The molecular weight excluding hydrogens is 1280 g/mol. The topological polar surface area (TPSA) is 237 Å². The Labute approximate surface area is 600 Å². The molecule has 0 rings (SSSR count). The van der Waals surface area contributed by atoms with Gasteiger partial charge < -0.3 is 33.8 Å². The van der Waals surface area contributed by atoms with Gasteiger partial charge in [-0.2, -0.15) is 0 Å². The number of hydrogen-bond acceptors (Lipinski definition) is 15. The Morgan fingerprint density at radius 3 is 0.694 bits per heavy atom. The molecule has 0 heterocycles. The standard InChI is InChI=1S/C79H154O17P2/c1-8-9-10-11-12-13-14-15-23-26-31-39-46-53-60-76(81)89-66-74(95-78(83)62-55-48-41-32-27-24-21-19-17-16-18-20-22-25-29-36-43-50-57-70(2)3)68-93-97(85,86)91-64-73(80)65-92-98(87,88)94-69-75(67-90-77(82)61-54-47-40-35-34-38-45-52-59-72(6)7)96-79(84)63-56-49-42-33-28-30-37-44-51-58-71(4)5/h70-75,80H,8-69H2,1-7H3,(H,85,86)(H,87,88)/t73-,74-,75-/m1/s1. The van der Waals surface area contributed by atoms with Gasteiger partial charge in [0.15, 0.2) is 12.2 Å². The molecule has 19 heteroatoms. The molecule has 0 fully saturated rings. The van der Waals surface area contributed by atoms with Crippen molar-refractivity contribution < 1.29 is 80.2 Å². The van der Waals surface area contributed by atoms with Gasteiger partial charge in [-0.15, -0.1) is 0 Å². The van der Waals surface area contributed by atoms with Crippen molar-refractivity contribution in [3.63, 3.8) is 0 Å². The van der Waals surface area contributed by atoms with E-state index in [0.717, 1.165) is 108 Å². The minimum atomic E-state index is -4.96. The van der Waals surface area contributed by atoms with Crippen LogP contribution in [0, 0.1) is 17.8 Å². The molecule has 2 unspecified atom stereocenters.